The number of unbranched alkanes of at least 4 members (excludes halogenated alkanes) is 2. The van der Waals surface area contributed by atoms with E-state index < -0.39 is 16.9 Å². The van der Waals surface area contributed by atoms with E-state index in [0.29, 0.717) is 0 Å². The Kier molecular flexibility index (Phi) is 9.86. The Labute approximate surface area is 103 Å². The molecule has 0 saturated heterocycles. The van der Waals surface area contributed by atoms with Crippen molar-refractivity contribution in [3.63, 3.8) is 0 Å². The van der Waals surface area contributed by atoms with Gasteiger partial charge in [0, 0.05) is 0 Å². The lowest BCUT2D eigenvalue weighted by atomic mass is 10.4. The SMILES string of the molecule is CCCCOP(OCCCC)O[Si](C)(C)C. The van der Waals surface area contributed by atoms with Crippen molar-refractivity contribution < 1.29 is 13.3 Å². The fraction of sp³-hybridized carbons (Fsp3) is 1.00. The normalized spacial score (nSPS) is 12.4. The predicted molar refractivity (Wildman–Crippen MR) is 73.1 cm³/mol. The number of rotatable bonds is 10. The van der Waals surface area contributed by atoms with Gasteiger partial charge < -0.3 is 13.3 Å². The van der Waals surface area contributed by atoms with Crippen LogP contribution in [0.15, 0.2) is 0 Å². The van der Waals surface area contributed by atoms with Crippen LogP contribution in [-0.2, 0) is 13.3 Å². The molecule has 0 aliphatic heterocycles. The van der Waals surface area contributed by atoms with Gasteiger partial charge in [-0.25, -0.2) is 0 Å². The number of hydrogen-bond acceptors (Lipinski definition) is 3. The van der Waals surface area contributed by atoms with Gasteiger partial charge in [0.1, 0.15) is 0 Å². The highest BCUT2D eigenvalue weighted by Gasteiger charge is 2.23. The molecular formula is C11H27O3PSi. The van der Waals surface area contributed by atoms with Crippen LogP contribution < -0.4 is 0 Å². The maximum Gasteiger partial charge on any atom is 0.321 e. The van der Waals surface area contributed by atoms with Gasteiger partial charge >= 0.3 is 8.60 Å². The summed E-state index contributed by atoms with van der Waals surface area (Å²) < 4.78 is 17.2. The molecule has 0 bridgehead atoms. The average molecular weight is 266 g/mol. The molecule has 5 heteroatoms. The van der Waals surface area contributed by atoms with E-state index in [4.69, 9.17) is 13.3 Å². The second-order valence-electron chi connectivity index (χ2n) is 4.80. The molecule has 0 radical (unpaired) electrons. The molecule has 0 aromatic heterocycles. The Morgan fingerprint density at radius 2 is 1.31 bits per heavy atom. The van der Waals surface area contributed by atoms with Gasteiger partial charge in [-0.15, -0.1) is 0 Å². The molecular weight excluding hydrogens is 239 g/mol. The average Bonchev–Trinajstić information content (AvgIpc) is 2.16. The topological polar surface area (TPSA) is 27.7 Å². The van der Waals surface area contributed by atoms with Gasteiger partial charge in [-0.1, -0.05) is 26.7 Å². The molecule has 0 unspecified atom stereocenters. The summed E-state index contributed by atoms with van der Waals surface area (Å²) in [7, 11) is -2.67. The van der Waals surface area contributed by atoms with Crippen LogP contribution in [0.5, 0.6) is 0 Å². The molecule has 0 aliphatic rings. The van der Waals surface area contributed by atoms with Crippen LogP contribution in [-0.4, -0.2) is 21.5 Å². The van der Waals surface area contributed by atoms with Crippen molar-refractivity contribution in [2.45, 2.75) is 59.2 Å². The highest BCUT2D eigenvalue weighted by atomic mass is 31.2. The first-order valence-corrected chi connectivity index (χ1v) is 10.7. The van der Waals surface area contributed by atoms with E-state index in [1.165, 1.54) is 0 Å². The largest absolute Gasteiger partial charge is 0.355 e. The van der Waals surface area contributed by atoms with Crippen LogP contribution in [0.4, 0.5) is 0 Å². The molecule has 0 spiro atoms. The third kappa shape index (κ3) is 11.0. The van der Waals surface area contributed by atoms with Crippen LogP contribution >= 0.6 is 8.60 Å². The first-order chi connectivity index (χ1) is 7.49. The van der Waals surface area contributed by atoms with Crippen molar-refractivity contribution in [2.75, 3.05) is 13.2 Å². The van der Waals surface area contributed by atoms with Crippen molar-refractivity contribution in [1.82, 2.24) is 0 Å². The first kappa shape index (κ1) is 16.5. The second kappa shape index (κ2) is 9.55. The van der Waals surface area contributed by atoms with Crippen molar-refractivity contribution in [3.05, 3.63) is 0 Å². The molecule has 3 nitrogen and oxygen atoms in total. The molecule has 0 aromatic rings. The van der Waals surface area contributed by atoms with Crippen LogP contribution in [0.25, 0.3) is 0 Å². The Morgan fingerprint density at radius 1 is 0.875 bits per heavy atom. The minimum atomic E-state index is -1.56. The monoisotopic (exact) mass is 266 g/mol. The maximum absolute atomic E-state index is 5.89. The summed E-state index contributed by atoms with van der Waals surface area (Å²) in [6.45, 7) is 12.3. The summed E-state index contributed by atoms with van der Waals surface area (Å²) in [6.07, 6.45) is 4.44. The molecule has 0 N–H and O–H groups in total. The van der Waals surface area contributed by atoms with E-state index in [0.717, 1.165) is 38.9 Å². The zero-order valence-corrected chi connectivity index (χ0v) is 13.3. The van der Waals surface area contributed by atoms with Crippen LogP contribution in [0.2, 0.25) is 19.6 Å². The van der Waals surface area contributed by atoms with E-state index in [1.807, 2.05) is 0 Å². The number of hydrogen-bond donors (Lipinski definition) is 0. The van der Waals surface area contributed by atoms with Gasteiger partial charge in [0.15, 0.2) is 8.32 Å². The quantitative estimate of drug-likeness (QED) is 0.326. The van der Waals surface area contributed by atoms with Crippen molar-refractivity contribution >= 4 is 16.9 Å². The van der Waals surface area contributed by atoms with Gasteiger partial charge in [0.2, 0.25) is 0 Å². The maximum atomic E-state index is 5.89. The molecule has 0 rings (SSSR count). The molecule has 16 heavy (non-hydrogen) atoms. The Hall–Kier alpha value is 0.527. The lowest BCUT2D eigenvalue weighted by molar-refractivity contribution is 0.199. The molecule has 98 valence electrons. The molecule has 0 fully saturated rings. The van der Waals surface area contributed by atoms with Crippen LogP contribution in [0.1, 0.15) is 39.5 Å². The van der Waals surface area contributed by atoms with Crippen molar-refractivity contribution in [3.8, 4) is 0 Å². The standard InChI is InChI=1S/C11H27O3PSi/c1-6-8-10-12-15(13-11-9-7-2)14-16(3,4)5/h6-11H2,1-5H3. The predicted octanol–water partition coefficient (Wildman–Crippen LogP) is 4.70. The van der Waals surface area contributed by atoms with Gasteiger partial charge in [0.25, 0.3) is 0 Å². The minimum absolute atomic E-state index is 0.749. The second-order valence-corrected chi connectivity index (χ2v) is 10.7. The van der Waals surface area contributed by atoms with E-state index >= 15 is 0 Å². The minimum Gasteiger partial charge on any atom is -0.355 e. The fourth-order valence-corrected chi connectivity index (χ4v) is 3.72. The highest BCUT2D eigenvalue weighted by Crippen LogP contribution is 2.43. The van der Waals surface area contributed by atoms with E-state index in [1.54, 1.807) is 0 Å². The van der Waals surface area contributed by atoms with Gasteiger partial charge in [-0.2, -0.15) is 0 Å². The summed E-state index contributed by atoms with van der Waals surface area (Å²) in [5.41, 5.74) is 0. The molecule has 0 amide bonds. The van der Waals surface area contributed by atoms with Crippen molar-refractivity contribution in [2.24, 2.45) is 0 Å². The molecule has 0 saturated carbocycles. The Morgan fingerprint density at radius 3 is 1.62 bits per heavy atom. The summed E-state index contributed by atoms with van der Waals surface area (Å²) >= 11 is 0. The Balaban J connectivity index is 3.85. The smallest absolute Gasteiger partial charge is 0.321 e. The lowest BCUT2D eigenvalue weighted by Crippen LogP contribution is -2.23. The van der Waals surface area contributed by atoms with Crippen molar-refractivity contribution in [1.29, 1.82) is 0 Å². The molecule has 0 aromatic carbocycles. The fourth-order valence-electron chi connectivity index (χ4n) is 0.880. The summed E-state index contributed by atoms with van der Waals surface area (Å²) in [5, 5.41) is 0. The third-order valence-corrected chi connectivity index (χ3v) is 5.31. The van der Waals surface area contributed by atoms with Crippen LogP contribution in [0, 0.1) is 0 Å². The highest BCUT2D eigenvalue weighted by molar-refractivity contribution is 7.43. The van der Waals surface area contributed by atoms with E-state index in [9.17, 15) is 0 Å². The zero-order valence-electron chi connectivity index (χ0n) is 11.4. The van der Waals surface area contributed by atoms with Crippen LogP contribution in [0.3, 0.4) is 0 Å². The summed E-state index contributed by atoms with van der Waals surface area (Å²) in [5.74, 6) is 0. The zero-order chi connectivity index (χ0) is 12.4. The van der Waals surface area contributed by atoms with Gasteiger partial charge in [-0.3, -0.25) is 0 Å². The van der Waals surface area contributed by atoms with E-state index in [2.05, 4.69) is 33.5 Å². The van der Waals surface area contributed by atoms with Gasteiger partial charge in [-0.05, 0) is 32.5 Å². The summed E-state index contributed by atoms with van der Waals surface area (Å²) in [6, 6.07) is 0. The first-order valence-electron chi connectivity index (χ1n) is 6.24. The summed E-state index contributed by atoms with van der Waals surface area (Å²) in [4.78, 5) is 0. The molecule has 0 heterocycles. The van der Waals surface area contributed by atoms with Gasteiger partial charge in [0.05, 0.1) is 13.2 Å². The Bertz CT molecular complexity index is 152. The van der Waals surface area contributed by atoms with E-state index in [-0.39, 0.29) is 0 Å². The lowest BCUT2D eigenvalue weighted by Gasteiger charge is -2.24. The third-order valence-electron chi connectivity index (χ3n) is 1.74. The molecule has 0 aliphatic carbocycles. The molecule has 0 atom stereocenters.